The summed E-state index contributed by atoms with van der Waals surface area (Å²) in [6, 6.07) is 5.74. The largest absolute Gasteiger partial charge is 0.399 e. The summed E-state index contributed by atoms with van der Waals surface area (Å²) < 4.78 is 0. The molecule has 0 heterocycles. The smallest absolute Gasteiger partial charge is 0.269 e. The summed E-state index contributed by atoms with van der Waals surface area (Å²) in [5, 5.41) is 10.1. The quantitative estimate of drug-likeness (QED) is 0.354. The van der Waals surface area contributed by atoms with Crippen molar-refractivity contribution in [2.75, 3.05) is 5.73 Å². The maximum absolute atomic E-state index is 10.1. The second-order valence-corrected chi connectivity index (χ2v) is 1.85. The van der Waals surface area contributed by atoms with Crippen molar-refractivity contribution in [3.8, 4) is 0 Å². The van der Waals surface area contributed by atoms with E-state index < -0.39 is 4.92 Å². The Morgan fingerprint density at radius 2 is 1.73 bits per heavy atom. The van der Waals surface area contributed by atoms with Gasteiger partial charge < -0.3 is 5.73 Å². The number of hydrogen-bond acceptors (Lipinski definition) is 3. The molecule has 1 aromatic rings. The minimum Gasteiger partial charge on any atom is -0.399 e. The predicted molar refractivity (Wildman–Crippen MR) is 43.3 cm³/mol. The molecule has 0 atom stereocenters. The summed E-state index contributed by atoms with van der Waals surface area (Å²) in [5.74, 6) is 0. The van der Waals surface area contributed by atoms with E-state index in [1.807, 2.05) is 0 Å². The molecule has 1 rings (SSSR count). The first kappa shape index (κ1) is 10.3. The standard InChI is InChI=1S/C6H6N2O2.Pb/c7-5-1-3-6(4-2-5)8(9)10;/h1-4H,7H2;. The Morgan fingerprint density at radius 1 is 1.27 bits per heavy atom. The second kappa shape index (κ2) is 4.27. The minimum atomic E-state index is -0.459. The summed E-state index contributed by atoms with van der Waals surface area (Å²) in [7, 11) is 0. The summed E-state index contributed by atoms with van der Waals surface area (Å²) in [6.07, 6.45) is 0. The van der Waals surface area contributed by atoms with E-state index in [0.717, 1.165) is 0 Å². The number of nitrogens with two attached hydrogens (primary N) is 1. The fourth-order valence-corrected chi connectivity index (χ4v) is 0.596. The van der Waals surface area contributed by atoms with E-state index in [-0.39, 0.29) is 33.0 Å². The monoisotopic (exact) mass is 346 g/mol. The van der Waals surface area contributed by atoms with Gasteiger partial charge in [-0.15, -0.1) is 0 Å². The minimum absolute atomic E-state index is 0. The Kier molecular flexibility index (Phi) is 4.01. The van der Waals surface area contributed by atoms with Crippen LogP contribution in [0.3, 0.4) is 0 Å². The van der Waals surface area contributed by atoms with Crippen LogP contribution in [-0.4, -0.2) is 32.2 Å². The summed E-state index contributed by atoms with van der Waals surface area (Å²) in [6.45, 7) is 0. The van der Waals surface area contributed by atoms with Crippen LogP contribution in [0.2, 0.25) is 0 Å². The molecule has 0 unspecified atom stereocenters. The van der Waals surface area contributed by atoms with E-state index in [0.29, 0.717) is 5.69 Å². The topological polar surface area (TPSA) is 69.2 Å². The molecular weight excluding hydrogens is 339 g/mol. The number of nitrogens with zero attached hydrogens (tertiary/aromatic N) is 1. The zero-order valence-electron chi connectivity index (χ0n) is 5.65. The molecule has 4 radical (unpaired) electrons. The fourth-order valence-electron chi connectivity index (χ4n) is 0.596. The van der Waals surface area contributed by atoms with Crippen LogP contribution in [0.5, 0.6) is 0 Å². The van der Waals surface area contributed by atoms with Crippen molar-refractivity contribution < 1.29 is 4.92 Å². The predicted octanol–water partition coefficient (Wildman–Crippen LogP) is 0.796. The van der Waals surface area contributed by atoms with E-state index in [2.05, 4.69) is 0 Å². The van der Waals surface area contributed by atoms with E-state index in [4.69, 9.17) is 5.73 Å². The molecule has 4 nitrogen and oxygen atoms in total. The van der Waals surface area contributed by atoms with E-state index in [1.54, 1.807) is 0 Å². The Bertz CT molecular complexity index is 247. The van der Waals surface area contributed by atoms with E-state index >= 15 is 0 Å². The molecule has 5 heteroatoms. The Hall–Kier alpha value is -0.658. The van der Waals surface area contributed by atoms with E-state index in [1.165, 1.54) is 24.3 Å². The van der Waals surface area contributed by atoms with Crippen LogP contribution >= 0.6 is 0 Å². The normalized spacial score (nSPS) is 8.36. The third-order valence-corrected chi connectivity index (χ3v) is 1.10. The number of non-ortho nitro benzene ring substituents is 1. The molecular formula is C6H6N2O2Pb. The maximum Gasteiger partial charge on any atom is 0.269 e. The van der Waals surface area contributed by atoms with Gasteiger partial charge in [0.2, 0.25) is 0 Å². The number of benzene rings is 1. The van der Waals surface area contributed by atoms with Crippen LogP contribution in [-0.2, 0) is 0 Å². The third-order valence-electron chi connectivity index (χ3n) is 1.10. The third kappa shape index (κ3) is 2.83. The van der Waals surface area contributed by atoms with E-state index in [9.17, 15) is 10.1 Å². The number of hydrogen-bond donors (Lipinski definition) is 1. The van der Waals surface area contributed by atoms with Crippen molar-refractivity contribution >= 4 is 38.7 Å². The van der Waals surface area contributed by atoms with Crippen molar-refractivity contribution in [2.24, 2.45) is 0 Å². The van der Waals surface area contributed by atoms with Gasteiger partial charge in [-0.25, -0.2) is 0 Å². The molecule has 0 saturated carbocycles. The van der Waals surface area contributed by atoms with Crippen LogP contribution < -0.4 is 5.73 Å². The van der Waals surface area contributed by atoms with Crippen molar-refractivity contribution in [3.63, 3.8) is 0 Å². The van der Waals surface area contributed by atoms with Gasteiger partial charge in [0.25, 0.3) is 5.69 Å². The van der Waals surface area contributed by atoms with Gasteiger partial charge >= 0.3 is 0 Å². The average molecular weight is 345 g/mol. The zero-order chi connectivity index (χ0) is 7.56. The second-order valence-electron chi connectivity index (χ2n) is 1.85. The number of anilines is 1. The molecule has 0 amide bonds. The first-order chi connectivity index (χ1) is 4.70. The van der Waals surface area contributed by atoms with Crippen LogP contribution in [0.1, 0.15) is 0 Å². The van der Waals surface area contributed by atoms with Gasteiger partial charge in [0.15, 0.2) is 0 Å². The fraction of sp³-hybridized carbons (Fsp3) is 0. The number of nitro groups is 1. The molecule has 0 spiro atoms. The molecule has 0 aromatic heterocycles. The molecule has 56 valence electrons. The Balaban J connectivity index is 0.000001000. The average Bonchev–Trinajstić information content (AvgIpc) is 1.88. The molecule has 0 bridgehead atoms. The number of nitro benzene ring substituents is 1. The van der Waals surface area contributed by atoms with Crippen LogP contribution in [0.4, 0.5) is 11.4 Å². The van der Waals surface area contributed by atoms with Crippen LogP contribution in [0.15, 0.2) is 24.3 Å². The van der Waals surface area contributed by atoms with Gasteiger partial charge in [-0.1, -0.05) is 0 Å². The molecule has 0 fully saturated rings. The van der Waals surface area contributed by atoms with Crippen molar-refractivity contribution in [1.82, 2.24) is 0 Å². The van der Waals surface area contributed by atoms with Gasteiger partial charge in [-0.2, -0.15) is 0 Å². The first-order valence-corrected chi connectivity index (χ1v) is 2.70. The van der Waals surface area contributed by atoms with Gasteiger partial charge in [0.05, 0.1) is 4.92 Å². The molecule has 0 saturated heterocycles. The van der Waals surface area contributed by atoms with Crippen molar-refractivity contribution in [3.05, 3.63) is 34.4 Å². The molecule has 2 N–H and O–H groups in total. The Morgan fingerprint density at radius 3 is 2.09 bits per heavy atom. The van der Waals surface area contributed by atoms with Crippen LogP contribution in [0.25, 0.3) is 0 Å². The van der Waals surface area contributed by atoms with Gasteiger partial charge in [-0.3, -0.25) is 10.1 Å². The molecule has 0 aliphatic rings. The number of nitrogen functional groups attached to an aromatic ring is 1. The summed E-state index contributed by atoms with van der Waals surface area (Å²) in [5.41, 5.74) is 5.90. The molecule has 0 aliphatic heterocycles. The summed E-state index contributed by atoms with van der Waals surface area (Å²) in [4.78, 5) is 9.62. The summed E-state index contributed by atoms with van der Waals surface area (Å²) >= 11 is 0. The molecule has 0 aliphatic carbocycles. The van der Waals surface area contributed by atoms with Gasteiger partial charge in [0.1, 0.15) is 0 Å². The number of rotatable bonds is 1. The van der Waals surface area contributed by atoms with Crippen molar-refractivity contribution in [1.29, 1.82) is 0 Å². The molecule has 11 heavy (non-hydrogen) atoms. The zero-order valence-corrected chi connectivity index (χ0v) is 9.54. The van der Waals surface area contributed by atoms with Gasteiger partial charge in [-0.05, 0) is 12.1 Å². The van der Waals surface area contributed by atoms with Gasteiger partial charge in [0, 0.05) is 45.1 Å². The SMILES string of the molecule is Nc1ccc([N+](=O)[O-])cc1.[Pb]. The molecule has 1 aromatic carbocycles. The maximum atomic E-state index is 10.1. The Labute approximate surface area is 83.7 Å². The first-order valence-electron chi connectivity index (χ1n) is 2.70. The van der Waals surface area contributed by atoms with Crippen molar-refractivity contribution in [2.45, 2.75) is 0 Å². The van der Waals surface area contributed by atoms with Crippen LogP contribution in [0, 0.1) is 10.1 Å².